The molecule has 11 aromatic rings. The van der Waals surface area contributed by atoms with E-state index in [1.54, 1.807) is 0 Å². The summed E-state index contributed by atoms with van der Waals surface area (Å²) in [6.45, 7) is 0. The summed E-state index contributed by atoms with van der Waals surface area (Å²) in [5.41, 5.74) is 11.0. The standard InChI is InChI=1S/C42H25N5/c1-3-11-26(12-4-1)45-34-17-9-7-15-28(34)31-19-20-32-38-36(46(41(32)40(31)45)27-13-5-2-6-14-27)22-21-30-29-23-24-43-25-37(29)47-35-18-10-8-16-33(35)44-42(47)39(30)38/h1-25H. The van der Waals surface area contributed by atoms with E-state index >= 15 is 0 Å². The molecule has 11 rings (SSSR count). The maximum Gasteiger partial charge on any atom is 0.147 e. The first kappa shape index (κ1) is 24.8. The van der Waals surface area contributed by atoms with Crippen LogP contribution in [0.5, 0.6) is 0 Å². The maximum atomic E-state index is 5.32. The van der Waals surface area contributed by atoms with Crippen molar-refractivity contribution in [2.75, 3.05) is 0 Å². The fourth-order valence-corrected chi connectivity index (χ4v) is 8.02. The van der Waals surface area contributed by atoms with Gasteiger partial charge in [-0.1, -0.05) is 84.9 Å². The zero-order valence-electron chi connectivity index (χ0n) is 25.2. The van der Waals surface area contributed by atoms with Crippen molar-refractivity contribution in [3.63, 3.8) is 0 Å². The second-order valence-corrected chi connectivity index (χ2v) is 12.3. The Morgan fingerprint density at radius 2 is 1.02 bits per heavy atom. The van der Waals surface area contributed by atoms with E-state index in [1.165, 1.54) is 43.5 Å². The van der Waals surface area contributed by atoms with Gasteiger partial charge in [0.2, 0.25) is 0 Å². The zero-order chi connectivity index (χ0) is 30.6. The molecule has 5 aromatic heterocycles. The van der Waals surface area contributed by atoms with Crippen molar-refractivity contribution < 1.29 is 0 Å². The minimum absolute atomic E-state index is 0.947. The number of rotatable bonds is 2. The Morgan fingerprint density at radius 1 is 0.404 bits per heavy atom. The van der Waals surface area contributed by atoms with Gasteiger partial charge in [-0.15, -0.1) is 0 Å². The Balaban J connectivity index is 1.47. The Kier molecular flexibility index (Phi) is 4.78. The van der Waals surface area contributed by atoms with E-state index in [0.29, 0.717) is 0 Å². The van der Waals surface area contributed by atoms with Crippen molar-refractivity contribution in [1.29, 1.82) is 0 Å². The van der Waals surface area contributed by atoms with Gasteiger partial charge in [0.15, 0.2) is 0 Å². The first-order valence-corrected chi connectivity index (χ1v) is 15.9. The highest BCUT2D eigenvalue weighted by Crippen LogP contribution is 2.45. The lowest BCUT2D eigenvalue weighted by Crippen LogP contribution is -1.98. The van der Waals surface area contributed by atoms with E-state index in [0.717, 1.165) is 49.9 Å². The predicted octanol–water partition coefficient (Wildman–Crippen LogP) is 10.4. The highest BCUT2D eigenvalue weighted by atomic mass is 15.1. The Bertz CT molecular complexity index is 3060. The first-order chi connectivity index (χ1) is 23.4. The number of nitrogens with zero attached hydrogens (tertiary/aromatic N) is 5. The molecule has 218 valence electrons. The second-order valence-electron chi connectivity index (χ2n) is 12.3. The third-order valence-electron chi connectivity index (χ3n) is 9.87. The zero-order valence-corrected chi connectivity index (χ0v) is 25.2. The lowest BCUT2D eigenvalue weighted by Gasteiger charge is -2.12. The number of hydrogen-bond acceptors (Lipinski definition) is 2. The smallest absolute Gasteiger partial charge is 0.147 e. The molecule has 0 bridgehead atoms. The largest absolute Gasteiger partial charge is 0.307 e. The average molecular weight is 600 g/mol. The van der Waals surface area contributed by atoms with Crippen molar-refractivity contribution in [2.24, 2.45) is 0 Å². The summed E-state index contributed by atoms with van der Waals surface area (Å²) in [6, 6.07) is 50.0. The number of fused-ring (bicyclic) bond motifs is 16. The summed E-state index contributed by atoms with van der Waals surface area (Å²) < 4.78 is 7.19. The molecule has 0 unspecified atom stereocenters. The monoisotopic (exact) mass is 599 g/mol. The van der Waals surface area contributed by atoms with E-state index in [2.05, 4.69) is 158 Å². The van der Waals surface area contributed by atoms with Crippen LogP contribution in [-0.2, 0) is 0 Å². The van der Waals surface area contributed by atoms with Crippen LogP contribution in [0.15, 0.2) is 152 Å². The summed E-state index contributed by atoms with van der Waals surface area (Å²) in [6.07, 6.45) is 3.86. The van der Waals surface area contributed by atoms with Crippen LogP contribution < -0.4 is 0 Å². The molecule has 0 aliphatic heterocycles. The topological polar surface area (TPSA) is 40.0 Å². The lowest BCUT2D eigenvalue weighted by molar-refractivity contribution is 1.15. The highest BCUT2D eigenvalue weighted by molar-refractivity contribution is 6.33. The third kappa shape index (κ3) is 3.17. The average Bonchev–Trinajstić information content (AvgIpc) is 3.80. The Hall–Kier alpha value is -6.46. The van der Waals surface area contributed by atoms with Crippen LogP contribution in [-0.4, -0.2) is 23.5 Å². The Morgan fingerprint density at radius 3 is 1.83 bits per heavy atom. The predicted molar refractivity (Wildman–Crippen MR) is 194 cm³/mol. The van der Waals surface area contributed by atoms with Crippen LogP contribution in [0.1, 0.15) is 0 Å². The molecule has 0 amide bonds. The van der Waals surface area contributed by atoms with Gasteiger partial charge < -0.3 is 9.13 Å². The van der Waals surface area contributed by atoms with Gasteiger partial charge >= 0.3 is 0 Å². The van der Waals surface area contributed by atoms with Gasteiger partial charge in [-0.2, -0.15) is 0 Å². The van der Waals surface area contributed by atoms with Gasteiger partial charge in [-0.05, 0) is 60.0 Å². The van der Waals surface area contributed by atoms with Crippen molar-refractivity contribution in [3.8, 4) is 11.4 Å². The third-order valence-corrected chi connectivity index (χ3v) is 9.87. The van der Waals surface area contributed by atoms with Crippen molar-refractivity contribution >= 4 is 82.0 Å². The SMILES string of the molecule is c1ccc(-n2c3ccccc3c3ccc4c5c6c(ccc5n(-c5ccccc5)c4c32)c2ccncc2n2c3ccccc3nc62)cc1. The molecule has 0 saturated heterocycles. The van der Waals surface area contributed by atoms with Gasteiger partial charge in [-0.3, -0.25) is 9.38 Å². The van der Waals surface area contributed by atoms with Gasteiger partial charge in [0.1, 0.15) is 5.65 Å². The molecule has 6 aromatic carbocycles. The molecule has 0 atom stereocenters. The minimum atomic E-state index is 0.947. The van der Waals surface area contributed by atoms with Crippen molar-refractivity contribution in [3.05, 3.63) is 152 Å². The molecule has 0 aliphatic rings. The first-order valence-electron chi connectivity index (χ1n) is 15.9. The van der Waals surface area contributed by atoms with Gasteiger partial charge in [0.05, 0.1) is 44.8 Å². The molecule has 0 aliphatic carbocycles. The van der Waals surface area contributed by atoms with E-state index in [9.17, 15) is 0 Å². The molecule has 0 saturated carbocycles. The van der Waals surface area contributed by atoms with Gasteiger partial charge in [-0.25, -0.2) is 4.98 Å². The molecule has 5 nitrogen and oxygen atoms in total. The molecule has 0 radical (unpaired) electrons. The summed E-state index contributed by atoms with van der Waals surface area (Å²) in [5.74, 6) is 0. The van der Waals surface area contributed by atoms with Crippen molar-refractivity contribution in [2.45, 2.75) is 0 Å². The molecular weight excluding hydrogens is 574 g/mol. The summed E-state index contributed by atoms with van der Waals surface area (Å²) in [4.78, 5) is 9.87. The number of benzene rings is 6. The van der Waals surface area contributed by atoms with E-state index in [-0.39, 0.29) is 0 Å². The fourth-order valence-electron chi connectivity index (χ4n) is 8.02. The van der Waals surface area contributed by atoms with Crippen LogP contribution in [0.4, 0.5) is 0 Å². The molecule has 0 spiro atoms. The van der Waals surface area contributed by atoms with Crippen LogP contribution in [0.25, 0.3) is 93.3 Å². The van der Waals surface area contributed by atoms with E-state index in [4.69, 9.17) is 4.98 Å². The Labute approximate surface area is 268 Å². The maximum absolute atomic E-state index is 5.32. The summed E-state index contributed by atoms with van der Waals surface area (Å²) in [7, 11) is 0. The van der Waals surface area contributed by atoms with E-state index in [1.807, 2.05) is 12.4 Å². The summed E-state index contributed by atoms with van der Waals surface area (Å²) >= 11 is 0. The molecule has 5 heteroatoms. The molecule has 0 N–H and O–H groups in total. The van der Waals surface area contributed by atoms with Crippen LogP contribution in [0.2, 0.25) is 0 Å². The number of pyridine rings is 2. The van der Waals surface area contributed by atoms with Crippen LogP contribution in [0, 0.1) is 0 Å². The normalized spacial score (nSPS) is 12.3. The van der Waals surface area contributed by atoms with Crippen LogP contribution >= 0.6 is 0 Å². The van der Waals surface area contributed by atoms with E-state index < -0.39 is 0 Å². The number of imidazole rings is 1. The number of hydrogen-bond donors (Lipinski definition) is 0. The molecule has 47 heavy (non-hydrogen) atoms. The minimum Gasteiger partial charge on any atom is -0.307 e. The quantitative estimate of drug-likeness (QED) is 0.186. The van der Waals surface area contributed by atoms with Gasteiger partial charge in [0, 0.05) is 49.9 Å². The van der Waals surface area contributed by atoms with Crippen molar-refractivity contribution in [1.82, 2.24) is 23.5 Å². The summed E-state index contributed by atoms with van der Waals surface area (Å²) in [5, 5.41) is 8.36. The number of para-hydroxylation sites is 5. The fraction of sp³-hybridized carbons (Fsp3) is 0. The molecule has 5 heterocycles. The van der Waals surface area contributed by atoms with Crippen LogP contribution in [0.3, 0.4) is 0 Å². The second kappa shape index (κ2) is 9.05. The number of aromatic nitrogens is 5. The molecular formula is C42H25N5. The van der Waals surface area contributed by atoms with Gasteiger partial charge in [0.25, 0.3) is 0 Å². The molecule has 0 fully saturated rings. The highest BCUT2D eigenvalue weighted by Gasteiger charge is 2.24. The lowest BCUT2D eigenvalue weighted by atomic mass is 10.0.